The Kier molecular flexibility index (Phi) is 2.57. The van der Waals surface area contributed by atoms with Crippen molar-refractivity contribution < 1.29 is 0 Å². The Bertz CT molecular complexity index is 592. The van der Waals surface area contributed by atoms with Crippen LogP contribution in [0.25, 0.3) is 10.9 Å². The van der Waals surface area contributed by atoms with Gasteiger partial charge in [0, 0.05) is 17.5 Å². The van der Waals surface area contributed by atoms with Gasteiger partial charge in [-0.05, 0) is 42.9 Å². The lowest BCUT2D eigenvalue weighted by Crippen LogP contribution is -2.11. The summed E-state index contributed by atoms with van der Waals surface area (Å²) in [5.74, 6) is 3.31. The molecule has 1 aliphatic rings. The van der Waals surface area contributed by atoms with E-state index in [0.717, 1.165) is 18.4 Å². The van der Waals surface area contributed by atoms with Crippen LogP contribution in [0.15, 0.2) is 30.3 Å². The van der Waals surface area contributed by atoms with Gasteiger partial charge in [0.25, 0.3) is 0 Å². The van der Waals surface area contributed by atoms with Crippen molar-refractivity contribution in [1.82, 2.24) is 4.98 Å². The number of pyridine rings is 1. The molecule has 84 valence electrons. The summed E-state index contributed by atoms with van der Waals surface area (Å²) in [6.07, 6.45) is 9.82. The van der Waals surface area contributed by atoms with E-state index in [2.05, 4.69) is 30.2 Å². The topological polar surface area (TPSA) is 12.9 Å². The molecule has 1 heteroatoms. The predicted octanol–water partition coefficient (Wildman–Crippen LogP) is 3.68. The molecule has 1 atom stereocenters. The van der Waals surface area contributed by atoms with Gasteiger partial charge in [-0.15, -0.1) is 12.3 Å². The van der Waals surface area contributed by atoms with Crippen LogP contribution in [0.2, 0.25) is 0 Å². The second kappa shape index (κ2) is 4.22. The number of aromatic nitrogens is 1. The number of rotatable bonds is 1. The second-order valence-electron chi connectivity index (χ2n) is 4.71. The van der Waals surface area contributed by atoms with Gasteiger partial charge in [-0.1, -0.05) is 18.2 Å². The van der Waals surface area contributed by atoms with Gasteiger partial charge in [-0.3, -0.25) is 4.98 Å². The predicted molar refractivity (Wildman–Crippen MR) is 70.9 cm³/mol. The van der Waals surface area contributed by atoms with Crippen LogP contribution in [-0.2, 0) is 6.42 Å². The first-order chi connectivity index (χ1) is 8.38. The van der Waals surface area contributed by atoms with Crippen molar-refractivity contribution in [3.63, 3.8) is 0 Å². The van der Waals surface area contributed by atoms with Gasteiger partial charge in [-0.2, -0.15) is 0 Å². The van der Waals surface area contributed by atoms with E-state index in [1.807, 2.05) is 6.07 Å². The SMILES string of the molecule is C#CCC1CCCc2nc3ccccc3cc21. The Balaban J connectivity index is 2.16. The highest BCUT2D eigenvalue weighted by atomic mass is 14.7. The molecule has 0 bridgehead atoms. The number of fused-ring (bicyclic) bond motifs is 2. The summed E-state index contributed by atoms with van der Waals surface area (Å²) in [5, 5.41) is 1.23. The first-order valence-corrected chi connectivity index (χ1v) is 6.20. The maximum Gasteiger partial charge on any atom is 0.0705 e. The van der Waals surface area contributed by atoms with Gasteiger partial charge in [0.2, 0.25) is 0 Å². The van der Waals surface area contributed by atoms with Crippen molar-refractivity contribution >= 4 is 10.9 Å². The lowest BCUT2D eigenvalue weighted by molar-refractivity contribution is 0.556. The molecule has 1 aromatic carbocycles. The molecule has 0 aliphatic heterocycles. The van der Waals surface area contributed by atoms with Crippen LogP contribution in [0.4, 0.5) is 0 Å². The summed E-state index contributed by atoms with van der Waals surface area (Å²) in [5.41, 5.74) is 3.75. The minimum Gasteiger partial charge on any atom is -0.253 e. The zero-order valence-corrected chi connectivity index (χ0v) is 9.82. The highest BCUT2D eigenvalue weighted by Gasteiger charge is 2.20. The average molecular weight is 221 g/mol. The van der Waals surface area contributed by atoms with E-state index in [4.69, 9.17) is 11.4 Å². The molecule has 2 aromatic rings. The fourth-order valence-electron chi connectivity index (χ4n) is 2.75. The molecular weight excluding hydrogens is 206 g/mol. The zero-order valence-electron chi connectivity index (χ0n) is 9.82. The van der Waals surface area contributed by atoms with Crippen LogP contribution in [0.1, 0.15) is 36.4 Å². The number of aryl methyl sites for hydroxylation is 1. The molecule has 0 saturated heterocycles. The third-order valence-electron chi connectivity index (χ3n) is 3.61. The first-order valence-electron chi connectivity index (χ1n) is 6.20. The quantitative estimate of drug-likeness (QED) is 0.669. The van der Waals surface area contributed by atoms with Crippen LogP contribution < -0.4 is 0 Å². The average Bonchev–Trinajstić information content (AvgIpc) is 2.37. The monoisotopic (exact) mass is 221 g/mol. The van der Waals surface area contributed by atoms with Gasteiger partial charge < -0.3 is 0 Å². The number of hydrogen-bond donors (Lipinski definition) is 0. The molecule has 1 heterocycles. The van der Waals surface area contributed by atoms with Crippen LogP contribution in [-0.4, -0.2) is 4.98 Å². The molecular formula is C16H15N. The fourth-order valence-corrected chi connectivity index (χ4v) is 2.75. The van der Waals surface area contributed by atoms with Crippen LogP contribution in [0.5, 0.6) is 0 Å². The minimum atomic E-state index is 0.515. The van der Waals surface area contributed by atoms with Crippen molar-refractivity contribution in [3.05, 3.63) is 41.6 Å². The van der Waals surface area contributed by atoms with Gasteiger partial charge in [0.05, 0.1) is 5.52 Å². The van der Waals surface area contributed by atoms with Crippen LogP contribution >= 0.6 is 0 Å². The molecule has 0 radical (unpaired) electrons. The number of hydrogen-bond acceptors (Lipinski definition) is 1. The molecule has 0 fully saturated rings. The smallest absolute Gasteiger partial charge is 0.0705 e. The molecule has 0 amide bonds. The van der Waals surface area contributed by atoms with Crippen LogP contribution in [0.3, 0.4) is 0 Å². The molecule has 3 rings (SSSR count). The summed E-state index contributed by atoms with van der Waals surface area (Å²) in [4.78, 5) is 4.78. The summed E-state index contributed by atoms with van der Waals surface area (Å²) < 4.78 is 0. The van der Waals surface area contributed by atoms with E-state index < -0.39 is 0 Å². The molecule has 0 N–H and O–H groups in total. The Morgan fingerprint density at radius 1 is 1.35 bits per heavy atom. The van der Waals surface area contributed by atoms with E-state index in [9.17, 15) is 0 Å². The van der Waals surface area contributed by atoms with Crippen LogP contribution in [0, 0.1) is 12.3 Å². The van der Waals surface area contributed by atoms with E-state index in [0.29, 0.717) is 5.92 Å². The van der Waals surface area contributed by atoms with E-state index in [1.54, 1.807) is 0 Å². The summed E-state index contributed by atoms with van der Waals surface area (Å²) in [6, 6.07) is 10.6. The standard InChI is InChI=1S/C16H15N/c1-2-6-12-8-5-10-16-14(12)11-13-7-3-4-9-15(13)17-16/h1,3-4,7,9,11-12H,5-6,8,10H2. The van der Waals surface area contributed by atoms with Crippen molar-refractivity contribution in [2.45, 2.75) is 31.6 Å². The molecule has 1 nitrogen and oxygen atoms in total. The van der Waals surface area contributed by atoms with E-state index in [-0.39, 0.29) is 0 Å². The largest absolute Gasteiger partial charge is 0.253 e. The number of para-hydroxylation sites is 1. The zero-order chi connectivity index (χ0) is 11.7. The van der Waals surface area contributed by atoms with Gasteiger partial charge in [0.1, 0.15) is 0 Å². The summed E-state index contributed by atoms with van der Waals surface area (Å²) in [6.45, 7) is 0. The Morgan fingerprint density at radius 3 is 3.12 bits per heavy atom. The maximum atomic E-state index is 5.46. The van der Waals surface area contributed by atoms with Crippen molar-refractivity contribution in [2.75, 3.05) is 0 Å². The first kappa shape index (κ1) is 10.4. The number of terminal acetylenes is 1. The van der Waals surface area contributed by atoms with E-state index >= 15 is 0 Å². The summed E-state index contributed by atoms with van der Waals surface area (Å²) in [7, 11) is 0. The molecule has 1 unspecified atom stereocenters. The normalized spacial score (nSPS) is 18.6. The lowest BCUT2D eigenvalue weighted by Gasteiger charge is -2.23. The third kappa shape index (κ3) is 1.80. The Labute approximate surface area is 102 Å². The maximum absolute atomic E-state index is 5.46. The molecule has 0 spiro atoms. The Morgan fingerprint density at radius 2 is 2.24 bits per heavy atom. The molecule has 1 aromatic heterocycles. The van der Waals surface area contributed by atoms with Gasteiger partial charge in [-0.25, -0.2) is 0 Å². The minimum absolute atomic E-state index is 0.515. The number of benzene rings is 1. The van der Waals surface area contributed by atoms with Gasteiger partial charge >= 0.3 is 0 Å². The van der Waals surface area contributed by atoms with Gasteiger partial charge in [0.15, 0.2) is 0 Å². The molecule has 1 aliphatic carbocycles. The van der Waals surface area contributed by atoms with Crippen molar-refractivity contribution in [3.8, 4) is 12.3 Å². The second-order valence-corrected chi connectivity index (χ2v) is 4.71. The highest BCUT2D eigenvalue weighted by molar-refractivity contribution is 5.79. The molecule has 0 saturated carbocycles. The molecule has 17 heavy (non-hydrogen) atoms. The van der Waals surface area contributed by atoms with E-state index in [1.165, 1.54) is 29.5 Å². The fraction of sp³-hybridized carbons (Fsp3) is 0.312. The number of nitrogens with zero attached hydrogens (tertiary/aromatic N) is 1. The third-order valence-corrected chi connectivity index (χ3v) is 3.61. The van der Waals surface area contributed by atoms with Crippen molar-refractivity contribution in [1.29, 1.82) is 0 Å². The van der Waals surface area contributed by atoms with Crippen molar-refractivity contribution in [2.24, 2.45) is 0 Å². The summed E-state index contributed by atoms with van der Waals surface area (Å²) >= 11 is 0. The lowest BCUT2D eigenvalue weighted by atomic mass is 9.83. The Hall–Kier alpha value is -1.81. The highest BCUT2D eigenvalue weighted by Crippen LogP contribution is 2.34.